The van der Waals surface area contributed by atoms with Crippen molar-refractivity contribution < 1.29 is 0 Å². The van der Waals surface area contributed by atoms with Crippen LogP contribution in [0.5, 0.6) is 0 Å². The van der Waals surface area contributed by atoms with Gasteiger partial charge in [0.05, 0.1) is 6.20 Å². The first-order valence-corrected chi connectivity index (χ1v) is 6.58. The minimum Gasteiger partial charge on any atom is -0.357 e. The van der Waals surface area contributed by atoms with Crippen LogP contribution >= 0.6 is 11.6 Å². The molecule has 2 heterocycles. The maximum atomic E-state index is 6.21. The van der Waals surface area contributed by atoms with Crippen LogP contribution in [0, 0.1) is 0 Å². The lowest BCUT2D eigenvalue weighted by atomic mass is 10.1. The van der Waals surface area contributed by atoms with Crippen molar-refractivity contribution >= 4 is 23.4 Å². The van der Waals surface area contributed by atoms with Crippen LogP contribution in [0.4, 0.5) is 11.8 Å². The van der Waals surface area contributed by atoms with Gasteiger partial charge in [0.15, 0.2) is 5.82 Å². The van der Waals surface area contributed by atoms with Gasteiger partial charge in [-0.05, 0) is 20.9 Å². The Morgan fingerprint density at radius 2 is 1.94 bits per heavy atom. The fraction of sp³-hybridized carbons (Fsp3) is 0.667. The summed E-state index contributed by atoms with van der Waals surface area (Å²) in [5.41, 5.74) is 0. The normalized spacial score (nSPS) is 25.3. The van der Waals surface area contributed by atoms with Crippen LogP contribution in [-0.4, -0.2) is 54.1 Å². The minimum atomic E-state index is 0.484. The van der Waals surface area contributed by atoms with Gasteiger partial charge in [-0.1, -0.05) is 11.6 Å². The Hall–Kier alpha value is -1.07. The number of aromatic nitrogens is 2. The second kappa shape index (κ2) is 5.28. The third-order valence-electron chi connectivity index (χ3n) is 3.61. The van der Waals surface area contributed by atoms with Crippen molar-refractivity contribution in [1.29, 1.82) is 0 Å². The van der Waals surface area contributed by atoms with Crippen molar-refractivity contribution in [2.24, 2.45) is 0 Å². The van der Waals surface area contributed by atoms with Gasteiger partial charge in [-0.3, -0.25) is 4.90 Å². The first-order chi connectivity index (χ1) is 8.52. The molecule has 18 heavy (non-hydrogen) atoms. The first-order valence-electron chi connectivity index (χ1n) is 6.20. The highest BCUT2D eigenvalue weighted by Crippen LogP contribution is 2.27. The monoisotopic (exact) mass is 269 g/mol. The van der Waals surface area contributed by atoms with E-state index in [-0.39, 0.29) is 0 Å². The molecule has 1 saturated heterocycles. The SMILES string of the molecule is CNc1ncc(Cl)c(N2CC(C)N(C)C(C)C2)n1. The van der Waals surface area contributed by atoms with E-state index in [0.717, 1.165) is 18.9 Å². The van der Waals surface area contributed by atoms with E-state index in [9.17, 15) is 0 Å². The van der Waals surface area contributed by atoms with Crippen LogP contribution < -0.4 is 10.2 Å². The van der Waals surface area contributed by atoms with Crippen LogP contribution in [0.3, 0.4) is 0 Å². The standard InChI is InChI=1S/C12H20ClN5/c1-8-6-18(7-9(2)17(8)4)11-10(13)5-15-12(14-3)16-11/h5,8-9H,6-7H2,1-4H3,(H,14,15,16). The molecule has 1 aromatic rings. The summed E-state index contributed by atoms with van der Waals surface area (Å²) in [6.45, 7) is 6.30. The summed E-state index contributed by atoms with van der Waals surface area (Å²) in [4.78, 5) is 13.2. The number of hydrogen-bond acceptors (Lipinski definition) is 5. The Labute approximate surface area is 113 Å². The third-order valence-corrected chi connectivity index (χ3v) is 3.88. The van der Waals surface area contributed by atoms with E-state index in [1.165, 1.54) is 0 Å². The van der Waals surface area contributed by atoms with Crippen LogP contribution in [0.15, 0.2) is 6.20 Å². The second-order valence-corrected chi connectivity index (χ2v) is 5.29. The summed E-state index contributed by atoms with van der Waals surface area (Å²) >= 11 is 6.21. The van der Waals surface area contributed by atoms with Gasteiger partial charge in [0.2, 0.25) is 5.95 Å². The maximum Gasteiger partial charge on any atom is 0.224 e. The zero-order valence-corrected chi connectivity index (χ0v) is 12.1. The van der Waals surface area contributed by atoms with Crippen LogP contribution in [-0.2, 0) is 0 Å². The predicted molar refractivity (Wildman–Crippen MR) is 75.5 cm³/mol. The Morgan fingerprint density at radius 1 is 1.33 bits per heavy atom. The van der Waals surface area contributed by atoms with Crippen LogP contribution in [0.1, 0.15) is 13.8 Å². The summed E-state index contributed by atoms with van der Waals surface area (Å²) in [5, 5.41) is 3.56. The molecule has 1 aliphatic heterocycles. The number of halogens is 1. The van der Waals surface area contributed by atoms with Gasteiger partial charge in [-0.15, -0.1) is 0 Å². The highest BCUT2D eigenvalue weighted by Gasteiger charge is 2.28. The third kappa shape index (κ3) is 2.52. The molecule has 1 aromatic heterocycles. The molecule has 2 unspecified atom stereocenters. The highest BCUT2D eigenvalue weighted by molar-refractivity contribution is 6.32. The van der Waals surface area contributed by atoms with Crippen molar-refractivity contribution in [2.75, 3.05) is 37.4 Å². The first kappa shape index (κ1) is 13.4. The number of likely N-dealkylation sites (N-methyl/N-ethyl adjacent to an activating group) is 1. The van der Waals surface area contributed by atoms with Gasteiger partial charge in [0.1, 0.15) is 5.02 Å². The zero-order chi connectivity index (χ0) is 13.3. The van der Waals surface area contributed by atoms with Crippen molar-refractivity contribution in [3.05, 3.63) is 11.2 Å². The number of rotatable bonds is 2. The average Bonchev–Trinajstić information content (AvgIpc) is 2.36. The fourth-order valence-electron chi connectivity index (χ4n) is 2.28. The number of nitrogens with zero attached hydrogens (tertiary/aromatic N) is 4. The van der Waals surface area contributed by atoms with E-state index < -0.39 is 0 Å². The van der Waals surface area contributed by atoms with E-state index in [0.29, 0.717) is 23.1 Å². The van der Waals surface area contributed by atoms with Gasteiger partial charge >= 0.3 is 0 Å². The summed E-state index contributed by atoms with van der Waals surface area (Å²) in [7, 11) is 3.97. The molecule has 100 valence electrons. The minimum absolute atomic E-state index is 0.484. The largest absolute Gasteiger partial charge is 0.357 e. The Balaban J connectivity index is 2.26. The lowest BCUT2D eigenvalue weighted by molar-refractivity contribution is 0.169. The van der Waals surface area contributed by atoms with E-state index in [2.05, 4.69) is 46.0 Å². The summed E-state index contributed by atoms with van der Waals surface area (Å²) in [6, 6.07) is 0.968. The van der Waals surface area contributed by atoms with Gasteiger partial charge < -0.3 is 10.2 Å². The Kier molecular flexibility index (Phi) is 3.92. The maximum absolute atomic E-state index is 6.21. The lowest BCUT2D eigenvalue weighted by Gasteiger charge is -2.43. The van der Waals surface area contributed by atoms with Crippen LogP contribution in [0.25, 0.3) is 0 Å². The molecule has 0 amide bonds. The highest BCUT2D eigenvalue weighted by atomic mass is 35.5. The molecule has 0 radical (unpaired) electrons. The fourth-order valence-corrected chi connectivity index (χ4v) is 2.49. The van der Waals surface area contributed by atoms with E-state index in [4.69, 9.17) is 11.6 Å². The molecule has 2 atom stereocenters. The van der Waals surface area contributed by atoms with Gasteiger partial charge in [0, 0.05) is 32.2 Å². The van der Waals surface area contributed by atoms with Crippen LogP contribution in [0.2, 0.25) is 5.02 Å². The number of piperazine rings is 1. The summed E-state index contributed by atoms with van der Waals surface area (Å²) in [6.07, 6.45) is 1.66. The van der Waals surface area contributed by atoms with Gasteiger partial charge in [0.25, 0.3) is 0 Å². The smallest absolute Gasteiger partial charge is 0.224 e. The lowest BCUT2D eigenvalue weighted by Crippen LogP contribution is -2.55. The summed E-state index contributed by atoms with van der Waals surface area (Å²) in [5.74, 6) is 1.43. The zero-order valence-electron chi connectivity index (χ0n) is 11.3. The molecule has 0 aromatic carbocycles. The summed E-state index contributed by atoms with van der Waals surface area (Å²) < 4.78 is 0. The van der Waals surface area contributed by atoms with Crippen molar-refractivity contribution in [1.82, 2.24) is 14.9 Å². The topological polar surface area (TPSA) is 44.3 Å². The molecule has 0 aliphatic carbocycles. The molecular formula is C12H20ClN5. The molecule has 5 nitrogen and oxygen atoms in total. The molecule has 0 spiro atoms. The predicted octanol–water partition coefficient (Wildman–Crippen LogP) is 1.70. The van der Waals surface area contributed by atoms with Crippen molar-refractivity contribution in [3.8, 4) is 0 Å². The molecule has 1 fully saturated rings. The van der Waals surface area contributed by atoms with E-state index >= 15 is 0 Å². The van der Waals surface area contributed by atoms with Gasteiger partial charge in [-0.25, -0.2) is 4.98 Å². The number of anilines is 2. The van der Waals surface area contributed by atoms with Gasteiger partial charge in [-0.2, -0.15) is 4.98 Å². The quantitative estimate of drug-likeness (QED) is 0.885. The van der Waals surface area contributed by atoms with E-state index in [1.807, 2.05) is 7.05 Å². The molecule has 0 bridgehead atoms. The molecule has 0 saturated carbocycles. The van der Waals surface area contributed by atoms with Crippen molar-refractivity contribution in [2.45, 2.75) is 25.9 Å². The molecule has 2 rings (SSSR count). The number of hydrogen-bond donors (Lipinski definition) is 1. The Morgan fingerprint density at radius 3 is 2.50 bits per heavy atom. The Bertz CT molecular complexity index is 413. The molecule has 1 aliphatic rings. The molecule has 6 heteroatoms. The average molecular weight is 270 g/mol. The second-order valence-electron chi connectivity index (χ2n) is 4.88. The number of nitrogens with one attached hydrogen (secondary N) is 1. The molecule has 1 N–H and O–H groups in total. The van der Waals surface area contributed by atoms with E-state index in [1.54, 1.807) is 6.20 Å². The van der Waals surface area contributed by atoms with Crippen molar-refractivity contribution in [3.63, 3.8) is 0 Å². The molecular weight excluding hydrogens is 250 g/mol.